The van der Waals surface area contributed by atoms with E-state index in [1.54, 1.807) is 25.7 Å². The first-order valence-electron chi connectivity index (χ1n) is 19.1. The number of nitrogens with zero attached hydrogens (tertiary/aromatic N) is 1. The van der Waals surface area contributed by atoms with Gasteiger partial charge in [0.05, 0.1) is 34.2 Å². The molecule has 0 aromatic rings. The fourth-order valence-corrected chi connectivity index (χ4v) is 10.3. The summed E-state index contributed by atoms with van der Waals surface area (Å²) in [6, 6.07) is -2.93. The highest BCUT2D eigenvalue weighted by atomic mass is 32.2. The Bertz CT molecular complexity index is 1380. The van der Waals surface area contributed by atoms with Crippen molar-refractivity contribution in [3.8, 4) is 0 Å². The molecule has 7 atom stereocenters. The van der Waals surface area contributed by atoms with Crippen LogP contribution < -0.4 is 21.3 Å². The minimum Gasteiger partial charge on any atom is -0.381 e. The first kappa shape index (κ1) is 41.5. The van der Waals surface area contributed by atoms with Gasteiger partial charge in [-0.05, 0) is 81.5 Å². The Labute approximate surface area is 306 Å². The summed E-state index contributed by atoms with van der Waals surface area (Å²) >= 11 is 0. The summed E-state index contributed by atoms with van der Waals surface area (Å²) in [4.78, 5) is 42.9. The third kappa shape index (κ3) is 9.86. The quantitative estimate of drug-likeness (QED) is 0.138. The van der Waals surface area contributed by atoms with Gasteiger partial charge in [-0.3, -0.25) is 14.5 Å². The lowest BCUT2D eigenvalue weighted by molar-refractivity contribution is -0.140. The number of likely N-dealkylation sites (tertiary alicyclic amines) is 1. The van der Waals surface area contributed by atoms with Gasteiger partial charge in [-0.1, -0.05) is 72.8 Å². The first-order chi connectivity index (χ1) is 23.5. The Morgan fingerprint density at radius 1 is 1.00 bits per heavy atom. The van der Waals surface area contributed by atoms with Crippen molar-refractivity contribution in [2.24, 2.45) is 28.6 Å². The third-order valence-corrected chi connectivity index (χ3v) is 14.8. The molecule has 51 heavy (non-hydrogen) atoms. The van der Waals surface area contributed by atoms with Gasteiger partial charge >= 0.3 is 6.03 Å². The number of fused-ring (bicyclic) bond motifs is 1. The molecule has 6 N–H and O–H groups in total. The molecule has 0 radical (unpaired) electrons. The average molecular weight is 738 g/mol. The summed E-state index contributed by atoms with van der Waals surface area (Å²) in [5.74, 6) is -0.485. The van der Waals surface area contributed by atoms with E-state index >= 15 is 0 Å². The summed E-state index contributed by atoms with van der Waals surface area (Å²) in [7, 11) is -3.54. The molecule has 4 fully saturated rings. The SMILES string of the molecule is C=CCNC(=O)C(O)C(CCC1CC1)NC(=O)C1C2C(CN1C(O)C(NC(=O)NC1(CS(=O)(=O)C(C)(C)C)CCCCC1)C(C)(C)C)CC2(C)C. The highest BCUT2D eigenvalue weighted by molar-refractivity contribution is 7.92. The van der Waals surface area contributed by atoms with Crippen molar-refractivity contribution in [2.75, 3.05) is 18.8 Å². The van der Waals surface area contributed by atoms with Crippen LogP contribution in [0.2, 0.25) is 0 Å². The predicted molar refractivity (Wildman–Crippen MR) is 199 cm³/mol. The number of aliphatic hydroxyl groups is 2. The van der Waals surface area contributed by atoms with E-state index in [0.717, 1.165) is 44.9 Å². The van der Waals surface area contributed by atoms with Crippen molar-refractivity contribution in [2.45, 2.75) is 160 Å². The number of hydrogen-bond acceptors (Lipinski definition) is 8. The highest BCUT2D eigenvalue weighted by Crippen LogP contribution is 2.58. The second-order valence-electron chi connectivity index (χ2n) is 18.8. The van der Waals surface area contributed by atoms with Gasteiger partial charge in [0, 0.05) is 13.1 Å². The Hall–Kier alpha value is -2.22. The van der Waals surface area contributed by atoms with Gasteiger partial charge in [0.25, 0.3) is 5.91 Å². The zero-order valence-electron chi connectivity index (χ0n) is 32.4. The molecule has 0 aromatic heterocycles. The number of amides is 4. The van der Waals surface area contributed by atoms with Crippen LogP contribution in [0.1, 0.15) is 120 Å². The molecule has 292 valence electrons. The number of urea groups is 1. The smallest absolute Gasteiger partial charge is 0.315 e. The number of hydrogen-bond donors (Lipinski definition) is 6. The van der Waals surface area contributed by atoms with E-state index in [4.69, 9.17) is 0 Å². The Morgan fingerprint density at radius 3 is 2.16 bits per heavy atom. The minimum absolute atomic E-state index is 0.0782. The largest absolute Gasteiger partial charge is 0.381 e. The normalized spacial score (nSPS) is 27.1. The number of carbonyl (C=O) groups excluding carboxylic acids is 3. The molecule has 7 unspecified atom stereocenters. The van der Waals surface area contributed by atoms with Gasteiger partial charge in [0.2, 0.25) is 5.91 Å². The lowest BCUT2D eigenvalue weighted by Gasteiger charge is -2.50. The molecular weight excluding hydrogens is 671 g/mol. The summed E-state index contributed by atoms with van der Waals surface area (Å²) in [6.07, 6.45) is 6.82. The maximum atomic E-state index is 14.4. The fourth-order valence-electron chi connectivity index (χ4n) is 8.78. The van der Waals surface area contributed by atoms with Crippen LogP contribution in [0.4, 0.5) is 4.79 Å². The van der Waals surface area contributed by atoms with Crippen molar-refractivity contribution in [1.82, 2.24) is 26.2 Å². The van der Waals surface area contributed by atoms with Gasteiger partial charge in [-0.25, -0.2) is 13.2 Å². The Kier molecular flexibility index (Phi) is 12.7. The van der Waals surface area contributed by atoms with Crippen molar-refractivity contribution in [3.05, 3.63) is 12.7 Å². The second kappa shape index (κ2) is 15.6. The van der Waals surface area contributed by atoms with Gasteiger partial charge < -0.3 is 31.5 Å². The van der Waals surface area contributed by atoms with Crippen LogP contribution in [-0.2, 0) is 19.4 Å². The summed E-state index contributed by atoms with van der Waals surface area (Å²) in [6.45, 7) is 19.3. The zero-order valence-corrected chi connectivity index (χ0v) is 33.2. The van der Waals surface area contributed by atoms with Crippen LogP contribution in [0.5, 0.6) is 0 Å². The number of aliphatic hydroxyl groups excluding tert-OH is 2. The summed E-state index contributed by atoms with van der Waals surface area (Å²) in [5.41, 5.74) is -1.76. The predicted octanol–water partition coefficient (Wildman–Crippen LogP) is 3.62. The van der Waals surface area contributed by atoms with E-state index in [0.29, 0.717) is 31.7 Å². The highest BCUT2D eigenvalue weighted by Gasteiger charge is 2.61. The maximum absolute atomic E-state index is 14.4. The van der Waals surface area contributed by atoms with Crippen LogP contribution in [-0.4, -0.2) is 101 Å². The molecule has 1 aliphatic heterocycles. The average Bonchev–Trinajstić information content (AvgIpc) is 3.78. The van der Waals surface area contributed by atoms with E-state index in [-0.39, 0.29) is 35.5 Å². The van der Waals surface area contributed by atoms with Crippen molar-refractivity contribution < 1.29 is 33.0 Å². The third-order valence-electron chi connectivity index (χ3n) is 12.0. The van der Waals surface area contributed by atoms with E-state index in [1.807, 2.05) is 20.8 Å². The van der Waals surface area contributed by atoms with Crippen molar-refractivity contribution in [3.63, 3.8) is 0 Å². The maximum Gasteiger partial charge on any atom is 0.315 e. The van der Waals surface area contributed by atoms with E-state index in [9.17, 15) is 33.0 Å². The van der Waals surface area contributed by atoms with Gasteiger partial charge in [0.1, 0.15) is 6.23 Å². The lowest BCUT2D eigenvalue weighted by Crippen LogP contribution is -2.65. The Morgan fingerprint density at radius 2 is 1.63 bits per heavy atom. The van der Waals surface area contributed by atoms with Crippen LogP contribution in [0.15, 0.2) is 12.7 Å². The first-order valence-corrected chi connectivity index (χ1v) is 20.8. The van der Waals surface area contributed by atoms with E-state index in [2.05, 4.69) is 41.7 Å². The molecule has 4 amide bonds. The van der Waals surface area contributed by atoms with Crippen LogP contribution in [0, 0.1) is 28.6 Å². The summed E-state index contributed by atoms with van der Waals surface area (Å²) in [5, 5.41) is 35.1. The zero-order chi connectivity index (χ0) is 38.2. The molecule has 1 heterocycles. The van der Waals surface area contributed by atoms with Crippen LogP contribution >= 0.6 is 0 Å². The Balaban J connectivity index is 1.57. The molecule has 3 saturated carbocycles. The number of sulfone groups is 1. The molecule has 0 spiro atoms. The molecule has 4 aliphatic rings. The number of carbonyl (C=O) groups is 3. The monoisotopic (exact) mass is 737 g/mol. The molecule has 3 aliphatic carbocycles. The van der Waals surface area contributed by atoms with Crippen molar-refractivity contribution >= 4 is 27.7 Å². The topological polar surface area (TPSA) is 177 Å². The van der Waals surface area contributed by atoms with E-state index in [1.165, 1.54) is 6.08 Å². The van der Waals surface area contributed by atoms with Crippen LogP contribution in [0.3, 0.4) is 0 Å². The fraction of sp³-hybridized carbons (Fsp3) is 0.868. The molecule has 0 bridgehead atoms. The molecular formula is C38H67N5O7S. The molecule has 13 heteroatoms. The number of nitrogens with one attached hydrogen (secondary N) is 4. The molecule has 12 nitrogen and oxygen atoms in total. The summed E-state index contributed by atoms with van der Waals surface area (Å²) < 4.78 is 25.8. The van der Waals surface area contributed by atoms with Crippen molar-refractivity contribution in [1.29, 1.82) is 0 Å². The molecule has 1 saturated heterocycles. The molecule has 4 rings (SSSR count). The second-order valence-corrected chi connectivity index (χ2v) is 21.5. The van der Waals surface area contributed by atoms with Gasteiger partial charge in [-0.15, -0.1) is 6.58 Å². The lowest BCUT2D eigenvalue weighted by atomic mass is 9.55. The number of rotatable bonds is 15. The van der Waals surface area contributed by atoms with E-state index < -0.39 is 67.9 Å². The van der Waals surface area contributed by atoms with Gasteiger partial charge in [0.15, 0.2) is 15.9 Å². The molecule has 0 aromatic carbocycles. The van der Waals surface area contributed by atoms with Crippen LogP contribution in [0.25, 0.3) is 0 Å². The van der Waals surface area contributed by atoms with Gasteiger partial charge in [-0.2, -0.15) is 0 Å². The standard InChI is InChI=1S/C38H67N5O7S/c1-10-20-39-32(46)29(44)26(17-16-24-14-15-24)40-31(45)28-27-25(21-37(27,8)9)22-43(28)33(47)30(35(2,3)4)41-34(48)42-38(18-12-11-13-19-38)23-51(49,50)36(5,6)7/h10,24-30,33,44,47H,1,11-23H2,2-9H3,(H,39,46)(H,40,45)(H2,41,42,48). The minimum atomic E-state index is -3.54.